The Labute approximate surface area is 333 Å². The number of nitrogens with zero attached hydrogens (tertiary/aromatic N) is 3. The monoisotopic (exact) mass is 834 g/mol. The quantitative estimate of drug-likeness (QED) is 0.113. The van der Waals surface area contributed by atoms with E-state index in [1.54, 1.807) is 72.9 Å². The van der Waals surface area contributed by atoms with Crippen molar-refractivity contribution in [3.05, 3.63) is 79.1 Å². The third kappa shape index (κ3) is 8.86. The van der Waals surface area contributed by atoms with Crippen molar-refractivity contribution in [1.29, 1.82) is 0 Å². The maximum Gasteiger partial charge on any atom is 0.319 e. The molecule has 0 spiro atoms. The minimum absolute atomic E-state index is 0.0240. The number of hydrogen-bond donors (Lipinski definition) is 3. The summed E-state index contributed by atoms with van der Waals surface area (Å²) in [5.41, 5.74) is 8.67. The molecule has 17 heteroatoms. The number of nitrogens with one attached hydrogen (secondary N) is 2. The summed E-state index contributed by atoms with van der Waals surface area (Å²) in [6.07, 6.45) is 11.2. The number of nitrogens with two attached hydrogens (primary N) is 1. The van der Waals surface area contributed by atoms with Gasteiger partial charge in [0.1, 0.15) is 4.90 Å². The molecule has 0 aliphatic heterocycles. The second-order valence-electron chi connectivity index (χ2n) is 14.5. The molecule has 0 radical (unpaired) electrons. The number of aromatic nitrogens is 3. The van der Waals surface area contributed by atoms with Crippen molar-refractivity contribution in [2.45, 2.75) is 95.4 Å². The molecule has 3 aromatic carbocycles. The van der Waals surface area contributed by atoms with E-state index in [1.807, 2.05) is 0 Å². The van der Waals surface area contributed by atoms with Crippen molar-refractivity contribution in [3.63, 3.8) is 0 Å². The lowest BCUT2D eigenvalue weighted by molar-refractivity contribution is 0.353. The van der Waals surface area contributed by atoms with E-state index < -0.39 is 34.9 Å². The Morgan fingerprint density at radius 3 is 1.93 bits per heavy atom. The molecule has 0 saturated heterocycles. The first-order valence-corrected chi connectivity index (χ1v) is 23.5. The zero-order valence-corrected chi connectivity index (χ0v) is 34.2. The number of methoxy groups -OCH3 is 2. The number of sulfonamides is 1. The van der Waals surface area contributed by atoms with Crippen molar-refractivity contribution >= 4 is 57.7 Å². The molecule has 5 aromatic rings. The molecule has 14 nitrogen and oxygen atoms in total. The first-order valence-electron chi connectivity index (χ1n) is 18.9. The molecule has 0 bridgehead atoms. The van der Waals surface area contributed by atoms with E-state index in [9.17, 15) is 25.3 Å². The number of hydrogen-bond acceptors (Lipinski definition) is 13. The van der Waals surface area contributed by atoms with Crippen LogP contribution < -0.4 is 25.2 Å². The van der Waals surface area contributed by atoms with Gasteiger partial charge in [-0.3, -0.25) is 4.98 Å². The fourth-order valence-electron chi connectivity index (χ4n) is 7.33. The van der Waals surface area contributed by atoms with Gasteiger partial charge in [-0.1, -0.05) is 49.9 Å². The Kier molecular flexibility index (Phi) is 11.7. The van der Waals surface area contributed by atoms with E-state index in [0.29, 0.717) is 62.7 Å². The van der Waals surface area contributed by atoms with Crippen LogP contribution in [0.3, 0.4) is 0 Å². The maximum atomic E-state index is 13.4. The van der Waals surface area contributed by atoms with E-state index in [2.05, 4.69) is 25.0 Å². The number of rotatable bonds is 12. The smallest absolute Gasteiger partial charge is 0.319 e. The molecule has 4 N–H and O–H groups in total. The van der Waals surface area contributed by atoms with Gasteiger partial charge in [-0.05, 0) is 86.6 Å². The van der Waals surface area contributed by atoms with Crippen LogP contribution in [0.25, 0.3) is 22.0 Å². The van der Waals surface area contributed by atoms with Crippen LogP contribution in [-0.4, -0.2) is 71.0 Å². The van der Waals surface area contributed by atoms with Gasteiger partial charge in [0.2, 0.25) is 15.9 Å². The first-order chi connectivity index (χ1) is 27.3. The molecule has 57 heavy (non-hydrogen) atoms. The van der Waals surface area contributed by atoms with Gasteiger partial charge in [0, 0.05) is 35.2 Å². The number of ether oxygens (including phenoxy) is 2. The van der Waals surface area contributed by atoms with Crippen LogP contribution in [0.4, 0.5) is 17.1 Å². The molecule has 2 heterocycles. The summed E-state index contributed by atoms with van der Waals surface area (Å²) in [4.78, 5) is 13.5. The molecule has 302 valence electrons. The van der Waals surface area contributed by atoms with E-state index >= 15 is 0 Å². The molecule has 3 fully saturated rings. The summed E-state index contributed by atoms with van der Waals surface area (Å²) in [5, 5.41) is 3.17. The lowest BCUT2D eigenvalue weighted by atomic mass is 10.0. The van der Waals surface area contributed by atoms with Crippen molar-refractivity contribution in [3.8, 4) is 23.0 Å². The van der Waals surface area contributed by atoms with Crippen molar-refractivity contribution in [2.75, 3.05) is 25.3 Å². The maximum absolute atomic E-state index is 13.4. The fraction of sp³-hybridized carbons (Fsp3) is 0.375. The summed E-state index contributed by atoms with van der Waals surface area (Å²) in [5.74, 6) is 0.313. The molecule has 8 rings (SSSR count). The number of nitrogen functional groups attached to an aromatic ring is 1. The van der Waals surface area contributed by atoms with Gasteiger partial charge in [-0.2, -0.15) is 4.98 Å². The average molecular weight is 835 g/mol. The van der Waals surface area contributed by atoms with Gasteiger partial charge in [-0.15, -0.1) is 0 Å². The number of anilines is 3. The van der Waals surface area contributed by atoms with Gasteiger partial charge in [-0.25, -0.2) is 35.0 Å². The topological polar surface area (TPSA) is 210 Å². The van der Waals surface area contributed by atoms with E-state index in [4.69, 9.17) is 15.2 Å². The molecule has 0 amide bonds. The van der Waals surface area contributed by atoms with Crippen LogP contribution in [-0.2, 0) is 29.7 Å². The molecule has 0 unspecified atom stereocenters. The average Bonchev–Trinajstić information content (AvgIpc) is 3.59. The minimum Gasteiger partial charge on any atom is -0.480 e. The van der Waals surface area contributed by atoms with Gasteiger partial charge in [0.15, 0.2) is 19.7 Å². The Bertz CT molecular complexity index is 2610. The standard InChI is InChI=1S/C29H31N5O6S2.C11H15NO2S/c1-39-28-24(16-31-29(33-28)40-2)18-10-13-23-25(14-18)30-17-26(42(37,38)34-19-11-12-19)27(23)32-20-6-5-9-22(15-20)41(35,36)21-7-3-4-8-21;12-9-4-3-7-11(8-9)15(13,14)10-5-1-2-6-10/h5-6,9-10,13-17,19,21,34H,3-4,7-8,11-12H2,1-2H3,(H,30,32);3-4,7-8,10H,1-2,5-6,12H2. The highest BCUT2D eigenvalue weighted by atomic mass is 32.2. The van der Waals surface area contributed by atoms with Gasteiger partial charge in [0.05, 0.1) is 51.3 Å². The summed E-state index contributed by atoms with van der Waals surface area (Å²) < 4.78 is 91.0. The predicted octanol–water partition coefficient (Wildman–Crippen LogP) is 6.59. The zero-order valence-electron chi connectivity index (χ0n) is 31.7. The number of fused-ring (bicyclic) bond motifs is 1. The highest BCUT2D eigenvalue weighted by Crippen LogP contribution is 2.38. The van der Waals surface area contributed by atoms with Crippen LogP contribution in [0, 0.1) is 0 Å². The van der Waals surface area contributed by atoms with Gasteiger partial charge >= 0.3 is 6.01 Å². The van der Waals surface area contributed by atoms with Crippen molar-refractivity contribution < 1.29 is 34.7 Å². The molecule has 3 saturated carbocycles. The van der Waals surface area contributed by atoms with Crippen LogP contribution >= 0.6 is 0 Å². The van der Waals surface area contributed by atoms with Gasteiger partial charge < -0.3 is 20.5 Å². The summed E-state index contributed by atoms with van der Waals surface area (Å²) in [6.45, 7) is 0. The van der Waals surface area contributed by atoms with Crippen molar-refractivity contribution in [1.82, 2.24) is 19.7 Å². The Morgan fingerprint density at radius 2 is 1.33 bits per heavy atom. The molecule has 0 atom stereocenters. The minimum atomic E-state index is -3.92. The Balaban J connectivity index is 0.000000277. The number of sulfone groups is 2. The van der Waals surface area contributed by atoms with Crippen LogP contribution in [0.5, 0.6) is 11.9 Å². The highest BCUT2D eigenvalue weighted by molar-refractivity contribution is 7.92. The molecule has 3 aliphatic carbocycles. The Morgan fingerprint density at radius 1 is 0.702 bits per heavy atom. The van der Waals surface area contributed by atoms with Crippen LogP contribution in [0.15, 0.2) is 93.8 Å². The first kappa shape index (κ1) is 40.4. The van der Waals surface area contributed by atoms with Crippen LogP contribution in [0.2, 0.25) is 0 Å². The third-order valence-electron chi connectivity index (χ3n) is 10.5. The number of benzene rings is 3. The number of pyridine rings is 1. The fourth-order valence-corrected chi connectivity index (χ4v) is 12.6. The molecule has 2 aromatic heterocycles. The summed E-state index contributed by atoms with van der Waals surface area (Å²) >= 11 is 0. The Hall–Kier alpha value is -4.84. The van der Waals surface area contributed by atoms with E-state index in [1.165, 1.54) is 20.4 Å². The van der Waals surface area contributed by atoms with Gasteiger partial charge in [0.25, 0.3) is 0 Å². The highest BCUT2D eigenvalue weighted by Gasteiger charge is 2.33. The van der Waals surface area contributed by atoms with Crippen LogP contribution in [0.1, 0.15) is 64.2 Å². The van der Waals surface area contributed by atoms with E-state index in [-0.39, 0.29) is 27.1 Å². The second-order valence-corrected chi connectivity index (χ2v) is 20.7. The normalized spacial score (nSPS) is 16.6. The lowest BCUT2D eigenvalue weighted by Crippen LogP contribution is -2.26. The lowest BCUT2D eigenvalue weighted by Gasteiger charge is -2.17. The predicted molar refractivity (Wildman–Crippen MR) is 219 cm³/mol. The molecular weight excluding hydrogens is 789 g/mol. The second kappa shape index (κ2) is 16.6. The largest absolute Gasteiger partial charge is 0.480 e. The zero-order chi connectivity index (χ0) is 40.4. The van der Waals surface area contributed by atoms with E-state index in [0.717, 1.165) is 51.4 Å². The molecule has 3 aliphatic rings. The third-order valence-corrected chi connectivity index (χ3v) is 16.6. The summed E-state index contributed by atoms with van der Waals surface area (Å²) in [6, 6.07) is 18.5. The SMILES string of the molecule is COc1ncc(-c2ccc3c(Nc4cccc(S(=O)(=O)C5CCCC5)c4)c(S(=O)(=O)NC4CC4)cnc3c2)c(OC)n1.Nc1cccc(S(=O)(=O)C2CCCC2)c1. The molecular formula is C40H46N6O8S3. The summed E-state index contributed by atoms with van der Waals surface area (Å²) in [7, 11) is -7.60. The van der Waals surface area contributed by atoms with Crippen molar-refractivity contribution in [2.24, 2.45) is 0 Å².